The van der Waals surface area contributed by atoms with Crippen LogP contribution in [0.25, 0.3) is 0 Å². The van der Waals surface area contributed by atoms with Crippen molar-refractivity contribution in [1.29, 1.82) is 0 Å². The Morgan fingerprint density at radius 2 is 1.90 bits per heavy atom. The predicted octanol–water partition coefficient (Wildman–Crippen LogP) is 3.72. The van der Waals surface area contributed by atoms with Gasteiger partial charge in [-0.25, -0.2) is 0 Å². The van der Waals surface area contributed by atoms with Gasteiger partial charge in [0.2, 0.25) is 0 Å². The Balaban J connectivity index is 2.02. The van der Waals surface area contributed by atoms with Crippen molar-refractivity contribution in [2.24, 2.45) is 5.41 Å². The maximum atomic E-state index is 3.79. The van der Waals surface area contributed by atoms with Crippen LogP contribution in [-0.4, -0.2) is 36.6 Å². The van der Waals surface area contributed by atoms with Gasteiger partial charge in [-0.2, -0.15) is 0 Å². The highest BCUT2D eigenvalue weighted by Gasteiger charge is 2.33. The van der Waals surface area contributed by atoms with Gasteiger partial charge >= 0.3 is 0 Å². The summed E-state index contributed by atoms with van der Waals surface area (Å²) in [4.78, 5) is 2.73. The first-order valence-electron chi connectivity index (χ1n) is 8.52. The van der Waals surface area contributed by atoms with E-state index < -0.39 is 0 Å². The van der Waals surface area contributed by atoms with Crippen molar-refractivity contribution in [2.45, 2.75) is 59.0 Å². The van der Waals surface area contributed by atoms with Gasteiger partial charge < -0.3 is 5.32 Å². The van der Waals surface area contributed by atoms with Crippen LogP contribution in [-0.2, 0) is 6.42 Å². The first-order valence-corrected chi connectivity index (χ1v) is 8.52. The summed E-state index contributed by atoms with van der Waals surface area (Å²) in [5, 5.41) is 3.79. The summed E-state index contributed by atoms with van der Waals surface area (Å²) in [5.41, 5.74) is 1.79. The van der Waals surface area contributed by atoms with Crippen molar-refractivity contribution in [3.05, 3.63) is 35.9 Å². The summed E-state index contributed by atoms with van der Waals surface area (Å²) >= 11 is 0. The molecule has 1 saturated heterocycles. The lowest BCUT2D eigenvalue weighted by atomic mass is 9.84. The molecule has 2 rings (SSSR count). The molecule has 0 bridgehead atoms. The van der Waals surface area contributed by atoms with E-state index in [1.165, 1.54) is 31.5 Å². The van der Waals surface area contributed by atoms with Crippen LogP contribution in [0.15, 0.2) is 30.3 Å². The maximum Gasteiger partial charge on any atom is 0.0261 e. The fraction of sp³-hybridized carbons (Fsp3) is 0.684. The zero-order chi connectivity index (χ0) is 15.3. The van der Waals surface area contributed by atoms with Crippen LogP contribution in [0.4, 0.5) is 0 Å². The molecule has 0 amide bonds. The molecule has 1 heterocycles. The quantitative estimate of drug-likeness (QED) is 0.888. The van der Waals surface area contributed by atoms with Gasteiger partial charge in [0.05, 0.1) is 0 Å². The van der Waals surface area contributed by atoms with Gasteiger partial charge in [-0.15, -0.1) is 0 Å². The smallest absolute Gasteiger partial charge is 0.0261 e. The minimum Gasteiger partial charge on any atom is -0.311 e. The maximum absolute atomic E-state index is 3.79. The van der Waals surface area contributed by atoms with Crippen molar-refractivity contribution in [3.63, 3.8) is 0 Å². The van der Waals surface area contributed by atoms with Crippen LogP contribution >= 0.6 is 0 Å². The standard InChI is InChI=1S/C19H32N2/c1-5-6-12-21-15-18(19(2,3)4)20-14-17(21)13-16-10-8-7-9-11-16/h7-11,17-18,20H,5-6,12-15H2,1-4H3. The Hall–Kier alpha value is -0.860. The average molecular weight is 288 g/mol. The van der Waals surface area contributed by atoms with Crippen molar-refractivity contribution in [2.75, 3.05) is 19.6 Å². The number of piperazine rings is 1. The fourth-order valence-electron chi connectivity index (χ4n) is 3.16. The SMILES string of the molecule is CCCCN1CC(C(C)(C)C)NCC1Cc1ccccc1. The molecule has 2 heteroatoms. The van der Waals surface area contributed by atoms with Crippen LogP contribution in [0.2, 0.25) is 0 Å². The molecular formula is C19H32N2. The second-order valence-corrected chi connectivity index (χ2v) is 7.52. The molecule has 0 radical (unpaired) electrons. The lowest BCUT2D eigenvalue weighted by Crippen LogP contribution is -2.60. The molecule has 0 aliphatic carbocycles. The number of nitrogens with one attached hydrogen (secondary N) is 1. The molecule has 1 fully saturated rings. The highest BCUT2D eigenvalue weighted by atomic mass is 15.2. The topological polar surface area (TPSA) is 15.3 Å². The first kappa shape index (κ1) is 16.5. The second kappa shape index (κ2) is 7.42. The van der Waals surface area contributed by atoms with Crippen LogP contribution in [0.5, 0.6) is 0 Å². The number of hydrogen-bond donors (Lipinski definition) is 1. The number of rotatable bonds is 5. The highest BCUT2D eigenvalue weighted by molar-refractivity contribution is 5.16. The van der Waals surface area contributed by atoms with Crippen molar-refractivity contribution >= 4 is 0 Å². The van der Waals surface area contributed by atoms with Crippen molar-refractivity contribution in [3.8, 4) is 0 Å². The Morgan fingerprint density at radius 1 is 1.19 bits per heavy atom. The lowest BCUT2D eigenvalue weighted by molar-refractivity contribution is 0.0843. The number of benzene rings is 1. The Labute approximate surface area is 130 Å². The van der Waals surface area contributed by atoms with E-state index >= 15 is 0 Å². The van der Waals surface area contributed by atoms with Gasteiger partial charge in [-0.1, -0.05) is 64.4 Å². The normalized spacial score (nSPS) is 24.2. The number of hydrogen-bond acceptors (Lipinski definition) is 2. The summed E-state index contributed by atoms with van der Waals surface area (Å²) in [6, 6.07) is 12.2. The first-order chi connectivity index (χ1) is 10.0. The van der Waals surface area contributed by atoms with Crippen LogP contribution < -0.4 is 5.32 Å². The minimum absolute atomic E-state index is 0.335. The molecule has 0 aromatic heterocycles. The number of nitrogens with zero attached hydrogens (tertiary/aromatic N) is 1. The largest absolute Gasteiger partial charge is 0.311 e. The molecule has 1 aromatic rings. The molecule has 0 saturated carbocycles. The molecule has 1 N–H and O–H groups in total. The van der Waals surface area contributed by atoms with Gasteiger partial charge in [0.25, 0.3) is 0 Å². The molecule has 1 aromatic carbocycles. The predicted molar refractivity (Wildman–Crippen MR) is 91.7 cm³/mol. The van der Waals surface area contributed by atoms with Crippen molar-refractivity contribution < 1.29 is 0 Å². The van der Waals surface area contributed by atoms with E-state index in [-0.39, 0.29) is 0 Å². The molecule has 2 unspecified atom stereocenters. The molecule has 2 atom stereocenters. The zero-order valence-corrected chi connectivity index (χ0v) is 14.2. The van der Waals surface area contributed by atoms with E-state index in [1.807, 2.05) is 0 Å². The Bertz CT molecular complexity index is 407. The molecule has 1 aliphatic heterocycles. The molecule has 1 aliphatic rings. The van der Waals surface area contributed by atoms with E-state index in [1.54, 1.807) is 0 Å². The van der Waals surface area contributed by atoms with E-state index in [0.29, 0.717) is 17.5 Å². The molecular weight excluding hydrogens is 256 g/mol. The van der Waals surface area contributed by atoms with Gasteiger partial charge in [0, 0.05) is 25.2 Å². The summed E-state index contributed by atoms with van der Waals surface area (Å²) in [6.45, 7) is 12.9. The molecule has 2 nitrogen and oxygen atoms in total. The van der Waals surface area contributed by atoms with E-state index in [2.05, 4.69) is 68.2 Å². The highest BCUT2D eigenvalue weighted by Crippen LogP contribution is 2.24. The summed E-state index contributed by atoms with van der Waals surface area (Å²) < 4.78 is 0. The summed E-state index contributed by atoms with van der Waals surface area (Å²) in [5.74, 6) is 0. The summed E-state index contributed by atoms with van der Waals surface area (Å²) in [7, 11) is 0. The zero-order valence-electron chi connectivity index (χ0n) is 14.2. The molecule has 0 spiro atoms. The Morgan fingerprint density at radius 3 is 2.52 bits per heavy atom. The lowest BCUT2D eigenvalue weighted by Gasteiger charge is -2.45. The monoisotopic (exact) mass is 288 g/mol. The Kier molecular flexibility index (Phi) is 5.83. The van der Waals surface area contributed by atoms with Crippen LogP contribution in [0.1, 0.15) is 46.1 Å². The van der Waals surface area contributed by atoms with E-state index in [4.69, 9.17) is 0 Å². The second-order valence-electron chi connectivity index (χ2n) is 7.52. The average Bonchev–Trinajstić information content (AvgIpc) is 2.46. The number of unbranched alkanes of at least 4 members (excludes halogenated alkanes) is 1. The summed E-state index contributed by atoms with van der Waals surface area (Å²) in [6.07, 6.45) is 3.75. The van der Waals surface area contributed by atoms with Crippen molar-refractivity contribution in [1.82, 2.24) is 10.2 Å². The van der Waals surface area contributed by atoms with Gasteiger partial charge in [0.15, 0.2) is 0 Å². The van der Waals surface area contributed by atoms with Gasteiger partial charge in [-0.05, 0) is 30.4 Å². The minimum atomic E-state index is 0.335. The third-order valence-corrected chi connectivity index (χ3v) is 4.69. The van der Waals surface area contributed by atoms with E-state index in [9.17, 15) is 0 Å². The third-order valence-electron chi connectivity index (χ3n) is 4.69. The van der Waals surface area contributed by atoms with Crippen LogP contribution in [0, 0.1) is 5.41 Å². The molecule has 118 valence electrons. The fourth-order valence-corrected chi connectivity index (χ4v) is 3.16. The van der Waals surface area contributed by atoms with Crippen LogP contribution in [0.3, 0.4) is 0 Å². The van der Waals surface area contributed by atoms with Gasteiger partial charge in [0.1, 0.15) is 0 Å². The third kappa shape index (κ3) is 4.82. The van der Waals surface area contributed by atoms with Gasteiger partial charge in [-0.3, -0.25) is 4.90 Å². The van der Waals surface area contributed by atoms with E-state index in [0.717, 1.165) is 13.0 Å². The molecule has 21 heavy (non-hydrogen) atoms.